The SMILES string of the molecule is C[C@]12CCC(=O)C=C1CC(CCC=O)C1C2=CC[C@@]2(C)C1C1CC1[C@@]21CCC(=O)O1. The third-order valence-corrected chi connectivity index (χ3v) is 10.3. The van der Waals surface area contributed by atoms with Crippen molar-refractivity contribution >= 4 is 18.0 Å². The molecule has 30 heavy (non-hydrogen) atoms. The van der Waals surface area contributed by atoms with Crippen LogP contribution in [0.4, 0.5) is 0 Å². The summed E-state index contributed by atoms with van der Waals surface area (Å²) in [6.07, 6.45) is 13.0. The van der Waals surface area contributed by atoms with E-state index in [1.54, 1.807) is 0 Å². The highest BCUT2D eigenvalue weighted by Crippen LogP contribution is 2.78. The summed E-state index contributed by atoms with van der Waals surface area (Å²) < 4.78 is 6.20. The molecule has 6 aliphatic rings. The van der Waals surface area contributed by atoms with Gasteiger partial charge in [-0.25, -0.2) is 0 Å². The smallest absolute Gasteiger partial charge is 0.306 e. The first kappa shape index (κ1) is 19.0. The average molecular weight is 409 g/mol. The lowest BCUT2D eigenvalue weighted by molar-refractivity contribution is -0.166. The number of fused-ring (bicyclic) bond motifs is 9. The molecule has 1 heterocycles. The van der Waals surface area contributed by atoms with E-state index >= 15 is 0 Å². The maximum Gasteiger partial charge on any atom is 0.306 e. The molecule has 160 valence electrons. The summed E-state index contributed by atoms with van der Waals surface area (Å²) in [5, 5.41) is 0. The Balaban J connectivity index is 1.47. The summed E-state index contributed by atoms with van der Waals surface area (Å²) in [5.74, 6) is 2.81. The zero-order valence-corrected chi connectivity index (χ0v) is 18.1. The fraction of sp³-hybridized carbons (Fsp3) is 0.731. The molecule has 6 rings (SSSR count). The number of rotatable bonds is 3. The van der Waals surface area contributed by atoms with Crippen LogP contribution in [0.5, 0.6) is 0 Å². The van der Waals surface area contributed by atoms with Crippen molar-refractivity contribution < 1.29 is 19.1 Å². The van der Waals surface area contributed by atoms with Gasteiger partial charge in [0, 0.05) is 36.0 Å². The van der Waals surface area contributed by atoms with Crippen molar-refractivity contribution in [1.82, 2.24) is 0 Å². The van der Waals surface area contributed by atoms with Gasteiger partial charge in [-0.15, -0.1) is 0 Å². The lowest BCUT2D eigenvalue weighted by atomic mass is 9.46. The van der Waals surface area contributed by atoms with Crippen LogP contribution in [-0.2, 0) is 19.1 Å². The third kappa shape index (κ3) is 2.16. The van der Waals surface area contributed by atoms with Crippen LogP contribution in [0.3, 0.4) is 0 Å². The monoisotopic (exact) mass is 408 g/mol. The molecule has 0 aromatic carbocycles. The molecule has 8 atom stereocenters. The van der Waals surface area contributed by atoms with Gasteiger partial charge in [-0.2, -0.15) is 0 Å². The number of ether oxygens (including phenoxy) is 1. The first-order valence-corrected chi connectivity index (χ1v) is 11.9. The number of carbonyl (C=O) groups excluding carboxylic acids is 3. The third-order valence-electron chi connectivity index (χ3n) is 10.3. The molecule has 1 aliphatic heterocycles. The molecule has 4 nitrogen and oxygen atoms in total. The first-order valence-electron chi connectivity index (χ1n) is 11.9. The fourth-order valence-corrected chi connectivity index (χ4v) is 8.89. The number of hydrogen-bond acceptors (Lipinski definition) is 4. The molecule has 0 bridgehead atoms. The number of hydrogen-bond donors (Lipinski definition) is 0. The summed E-state index contributed by atoms with van der Waals surface area (Å²) in [6, 6.07) is 0. The Morgan fingerprint density at radius 3 is 2.77 bits per heavy atom. The van der Waals surface area contributed by atoms with Crippen LogP contribution < -0.4 is 0 Å². The summed E-state index contributed by atoms with van der Waals surface area (Å²) in [4.78, 5) is 35.7. The van der Waals surface area contributed by atoms with Gasteiger partial charge in [-0.1, -0.05) is 31.1 Å². The van der Waals surface area contributed by atoms with Crippen molar-refractivity contribution in [3.05, 3.63) is 23.3 Å². The van der Waals surface area contributed by atoms with Crippen LogP contribution in [0.2, 0.25) is 0 Å². The standard InChI is InChI=1S/C26H32O4/c1-24-8-5-17(28)13-16(24)12-15(4-3-11-27)22-19(24)6-9-25(2)23(22)18-14-20(18)26(25)10-7-21(29)30-26/h6,11,13,15,18,20,22-23H,3-5,7-10,12,14H2,1-2H3/t15?,18?,20?,22?,23?,24-,25-,26-/m0/s1. The molecule has 4 heteroatoms. The van der Waals surface area contributed by atoms with Crippen molar-refractivity contribution in [3.63, 3.8) is 0 Å². The Labute approximate surface area is 178 Å². The first-order chi connectivity index (χ1) is 14.3. The van der Waals surface area contributed by atoms with Gasteiger partial charge in [0.25, 0.3) is 0 Å². The molecule has 3 saturated carbocycles. The Hall–Kier alpha value is -1.71. The van der Waals surface area contributed by atoms with E-state index in [4.69, 9.17) is 4.74 Å². The van der Waals surface area contributed by atoms with Gasteiger partial charge in [0.2, 0.25) is 0 Å². The number of ketones is 1. The second-order valence-electron chi connectivity index (χ2n) is 11.4. The molecule has 0 aromatic heterocycles. The number of esters is 1. The zero-order valence-electron chi connectivity index (χ0n) is 18.1. The highest BCUT2D eigenvalue weighted by Gasteiger charge is 2.78. The second-order valence-corrected chi connectivity index (χ2v) is 11.4. The second kappa shape index (κ2) is 5.95. The summed E-state index contributed by atoms with van der Waals surface area (Å²) in [5.41, 5.74) is 2.56. The molecular formula is C26H32O4. The van der Waals surface area contributed by atoms with Gasteiger partial charge in [0.15, 0.2) is 5.78 Å². The van der Waals surface area contributed by atoms with Crippen molar-refractivity contribution in [1.29, 1.82) is 0 Å². The van der Waals surface area contributed by atoms with Crippen LogP contribution in [-0.4, -0.2) is 23.6 Å². The van der Waals surface area contributed by atoms with Crippen LogP contribution in [0, 0.1) is 40.4 Å². The van der Waals surface area contributed by atoms with Gasteiger partial charge < -0.3 is 9.53 Å². The topological polar surface area (TPSA) is 60.4 Å². The zero-order chi connectivity index (χ0) is 20.9. The number of aldehydes is 1. The van der Waals surface area contributed by atoms with Gasteiger partial charge in [0.1, 0.15) is 11.9 Å². The molecule has 5 unspecified atom stereocenters. The van der Waals surface area contributed by atoms with Crippen LogP contribution in [0.1, 0.15) is 71.6 Å². The Morgan fingerprint density at radius 2 is 2.03 bits per heavy atom. The average Bonchev–Trinajstić information content (AvgIpc) is 3.35. The minimum absolute atomic E-state index is 0.00238. The van der Waals surface area contributed by atoms with Gasteiger partial charge in [-0.3, -0.25) is 9.59 Å². The van der Waals surface area contributed by atoms with E-state index in [1.165, 1.54) is 17.6 Å². The van der Waals surface area contributed by atoms with E-state index < -0.39 is 0 Å². The largest absolute Gasteiger partial charge is 0.458 e. The molecule has 4 fully saturated rings. The fourth-order valence-electron chi connectivity index (χ4n) is 8.89. The maximum atomic E-state index is 12.2. The van der Waals surface area contributed by atoms with Gasteiger partial charge >= 0.3 is 5.97 Å². The predicted molar refractivity (Wildman–Crippen MR) is 111 cm³/mol. The van der Waals surface area contributed by atoms with E-state index in [1.807, 2.05) is 6.08 Å². The van der Waals surface area contributed by atoms with E-state index in [0.29, 0.717) is 48.9 Å². The Bertz CT molecular complexity index is 914. The quantitative estimate of drug-likeness (QED) is 0.390. The van der Waals surface area contributed by atoms with Gasteiger partial charge in [-0.05, 0) is 68.3 Å². The minimum atomic E-state index is -0.268. The minimum Gasteiger partial charge on any atom is -0.458 e. The normalized spacial score (nSPS) is 50.7. The lowest BCUT2D eigenvalue weighted by Crippen LogP contribution is -2.55. The number of carbonyl (C=O) groups is 3. The van der Waals surface area contributed by atoms with Gasteiger partial charge in [0.05, 0.1) is 0 Å². The van der Waals surface area contributed by atoms with Crippen LogP contribution >= 0.6 is 0 Å². The van der Waals surface area contributed by atoms with E-state index in [0.717, 1.165) is 38.4 Å². The maximum absolute atomic E-state index is 12.2. The molecular weight excluding hydrogens is 376 g/mol. The highest BCUT2D eigenvalue weighted by atomic mass is 16.6. The molecule has 0 aromatic rings. The van der Waals surface area contributed by atoms with E-state index in [-0.39, 0.29) is 28.2 Å². The lowest BCUT2D eigenvalue weighted by Gasteiger charge is -2.58. The number of allylic oxidation sites excluding steroid dienone is 4. The molecule has 1 spiro atoms. The molecule has 0 N–H and O–H groups in total. The van der Waals surface area contributed by atoms with Crippen LogP contribution in [0.25, 0.3) is 0 Å². The summed E-state index contributed by atoms with van der Waals surface area (Å²) >= 11 is 0. The van der Waals surface area contributed by atoms with E-state index in [2.05, 4.69) is 19.9 Å². The predicted octanol–water partition coefficient (Wildman–Crippen LogP) is 4.58. The molecule has 0 radical (unpaired) electrons. The van der Waals surface area contributed by atoms with Crippen molar-refractivity contribution in [2.24, 2.45) is 40.4 Å². The summed E-state index contributed by atoms with van der Waals surface area (Å²) in [7, 11) is 0. The Kier molecular flexibility index (Phi) is 3.77. The van der Waals surface area contributed by atoms with Crippen molar-refractivity contribution in [2.45, 2.75) is 77.2 Å². The molecule has 0 amide bonds. The van der Waals surface area contributed by atoms with Crippen LogP contribution in [0.15, 0.2) is 23.3 Å². The van der Waals surface area contributed by atoms with Crippen molar-refractivity contribution in [3.8, 4) is 0 Å². The molecule has 5 aliphatic carbocycles. The Morgan fingerprint density at radius 1 is 1.20 bits per heavy atom. The van der Waals surface area contributed by atoms with E-state index in [9.17, 15) is 14.4 Å². The highest BCUT2D eigenvalue weighted by molar-refractivity contribution is 5.92. The summed E-state index contributed by atoms with van der Waals surface area (Å²) in [6.45, 7) is 4.75. The van der Waals surface area contributed by atoms with Crippen molar-refractivity contribution in [2.75, 3.05) is 0 Å². The molecule has 1 saturated heterocycles.